The third kappa shape index (κ3) is 2.92. The first kappa shape index (κ1) is 14.9. The van der Waals surface area contributed by atoms with Crippen LogP contribution in [-0.4, -0.2) is 26.6 Å². The Labute approximate surface area is 136 Å². The van der Waals surface area contributed by atoms with Gasteiger partial charge in [-0.05, 0) is 46.1 Å². The van der Waals surface area contributed by atoms with E-state index in [4.69, 9.17) is 8.83 Å². The molecule has 4 rings (SSSR count). The highest BCUT2D eigenvalue weighted by Gasteiger charge is 2.32. The molecular formula is C17H24N4O2. The van der Waals surface area contributed by atoms with Gasteiger partial charge in [-0.1, -0.05) is 12.8 Å². The van der Waals surface area contributed by atoms with Crippen LogP contribution in [0, 0.1) is 13.8 Å². The summed E-state index contributed by atoms with van der Waals surface area (Å²) in [7, 11) is 0. The average Bonchev–Trinajstić information content (AvgIpc) is 3.06. The fourth-order valence-corrected chi connectivity index (χ4v) is 3.44. The lowest BCUT2D eigenvalue weighted by atomic mass is 9.85. The molecule has 2 aromatic rings. The van der Waals surface area contributed by atoms with E-state index in [9.17, 15) is 0 Å². The van der Waals surface area contributed by atoms with E-state index in [2.05, 4.69) is 20.1 Å². The molecule has 6 heteroatoms. The maximum Gasteiger partial charge on any atom is 0.233 e. The Balaban J connectivity index is 1.51. The Morgan fingerprint density at radius 3 is 2.52 bits per heavy atom. The summed E-state index contributed by atoms with van der Waals surface area (Å²) in [5.41, 5.74) is 0.971. The maximum atomic E-state index is 6.01. The van der Waals surface area contributed by atoms with Gasteiger partial charge in [0.05, 0.1) is 18.3 Å². The Morgan fingerprint density at radius 1 is 1.00 bits per heavy atom. The van der Waals surface area contributed by atoms with Crippen LogP contribution in [0.25, 0.3) is 0 Å². The van der Waals surface area contributed by atoms with E-state index >= 15 is 0 Å². The van der Waals surface area contributed by atoms with Crippen LogP contribution in [0.15, 0.2) is 8.83 Å². The van der Waals surface area contributed by atoms with Crippen molar-refractivity contribution in [1.29, 1.82) is 0 Å². The third-order valence-corrected chi connectivity index (χ3v) is 5.22. The molecule has 124 valence electrons. The summed E-state index contributed by atoms with van der Waals surface area (Å²) in [4.78, 5) is 6.88. The fourth-order valence-electron chi connectivity index (χ4n) is 3.44. The van der Waals surface area contributed by atoms with Crippen LogP contribution in [-0.2, 0) is 6.54 Å². The number of aromatic nitrogens is 3. The number of rotatable bonds is 4. The zero-order chi connectivity index (χ0) is 15.8. The predicted molar refractivity (Wildman–Crippen MR) is 83.9 cm³/mol. The van der Waals surface area contributed by atoms with Crippen LogP contribution in [0.1, 0.15) is 79.6 Å². The Bertz CT molecular complexity index is 654. The lowest BCUT2D eigenvalue weighted by Gasteiger charge is -2.32. The number of nitrogens with zero attached hydrogens (tertiary/aromatic N) is 4. The second-order valence-corrected chi connectivity index (χ2v) is 6.84. The molecule has 3 heterocycles. The van der Waals surface area contributed by atoms with Gasteiger partial charge in [0.1, 0.15) is 5.76 Å². The molecule has 1 atom stereocenters. The van der Waals surface area contributed by atoms with E-state index in [1.165, 1.54) is 32.1 Å². The van der Waals surface area contributed by atoms with Crippen molar-refractivity contribution in [3.63, 3.8) is 0 Å². The van der Waals surface area contributed by atoms with Crippen molar-refractivity contribution in [1.82, 2.24) is 20.1 Å². The van der Waals surface area contributed by atoms with Crippen molar-refractivity contribution in [2.24, 2.45) is 0 Å². The summed E-state index contributed by atoms with van der Waals surface area (Å²) in [5.74, 6) is 3.78. The molecule has 0 spiro atoms. The minimum Gasteiger partial charge on any atom is -0.444 e. The molecule has 23 heavy (non-hydrogen) atoms. The van der Waals surface area contributed by atoms with Gasteiger partial charge < -0.3 is 8.83 Å². The minimum absolute atomic E-state index is 0.192. The molecule has 2 aromatic heterocycles. The monoisotopic (exact) mass is 316 g/mol. The summed E-state index contributed by atoms with van der Waals surface area (Å²) in [6, 6.07) is 0.192. The number of piperidine rings is 1. The van der Waals surface area contributed by atoms with Crippen LogP contribution in [0.5, 0.6) is 0 Å². The molecule has 0 N–H and O–H groups in total. The summed E-state index contributed by atoms with van der Waals surface area (Å²) in [6.07, 6.45) is 7.10. The largest absolute Gasteiger partial charge is 0.444 e. The highest BCUT2D eigenvalue weighted by atomic mass is 16.4. The fraction of sp³-hybridized carbons (Fsp3) is 0.706. The summed E-state index contributed by atoms with van der Waals surface area (Å²) in [5, 5.41) is 8.64. The van der Waals surface area contributed by atoms with Crippen molar-refractivity contribution >= 4 is 0 Å². The van der Waals surface area contributed by atoms with Gasteiger partial charge in [0.15, 0.2) is 0 Å². The molecule has 1 saturated carbocycles. The van der Waals surface area contributed by atoms with Gasteiger partial charge in [-0.2, -0.15) is 0 Å². The normalized spacial score (nSPS) is 23.1. The molecule has 1 aliphatic heterocycles. The van der Waals surface area contributed by atoms with Crippen molar-refractivity contribution in [3.05, 3.63) is 29.1 Å². The van der Waals surface area contributed by atoms with Crippen LogP contribution in [0.2, 0.25) is 0 Å². The number of hydrogen-bond donors (Lipinski definition) is 0. The van der Waals surface area contributed by atoms with Crippen LogP contribution >= 0.6 is 0 Å². The molecule has 0 unspecified atom stereocenters. The van der Waals surface area contributed by atoms with E-state index in [0.717, 1.165) is 42.1 Å². The number of aryl methyl sites for hydroxylation is 2. The zero-order valence-corrected chi connectivity index (χ0v) is 13.9. The number of oxazole rings is 1. The Hall–Kier alpha value is -1.69. The van der Waals surface area contributed by atoms with Gasteiger partial charge in [0.25, 0.3) is 0 Å². The van der Waals surface area contributed by atoms with Gasteiger partial charge in [-0.3, -0.25) is 4.90 Å². The third-order valence-electron chi connectivity index (χ3n) is 5.22. The summed E-state index contributed by atoms with van der Waals surface area (Å²) < 4.78 is 11.8. The van der Waals surface area contributed by atoms with Crippen molar-refractivity contribution in [2.45, 2.75) is 70.9 Å². The molecule has 2 aliphatic rings. The van der Waals surface area contributed by atoms with Gasteiger partial charge in [-0.15, -0.1) is 10.2 Å². The standard InChI is InChI=1S/C17H24N4O2/c1-11-12(2)22-15(18-11)10-21-9-4-3-8-14(21)17-20-19-16(23-17)13-6-5-7-13/h13-14H,3-10H2,1-2H3/t14-/m1/s1. The summed E-state index contributed by atoms with van der Waals surface area (Å²) >= 11 is 0. The zero-order valence-electron chi connectivity index (χ0n) is 13.9. The number of likely N-dealkylation sites (tertiary alicyclic amines) is 1. The van der Waals surface area contributed by atoms with E-state index in [0.29, 0.717) is 12.5 Å². The van der Waals surface area contributed by atoms with Gasteiger partial charge >= 0.3 is 0 Å². The summed E-state index contributed by atoms with van der Waals surface area (Å²) in [6.45, 7) is 5.67. The maximum absolute atomic E-state index is 6.01. The minimum atomic E-state index is 0.192. The van der Waals surface area contributed by atoms with Gasteiger partial charge in [0, 0.05) is 5.92 Å². The molecule has 1 saturated heterocycles. The Morgan fingerprint density at radius 2 is 1.83 bits per heavy atom. The highest BCUT2D eigenvalue weighted by molar-refractivity contribution is 5.06. The second kappa shape index (κ2) is 6.07. The predicted octanol–water partition coefficient (Wildman–Crippen LogP) is 3.67. The molecular weight excluding hydrogens is 292 g/mol. The van der Waals surface area contributed by atoms with Gasteiger partial charge in [0.2, 0.25) is 17.7 Å². The smallest absolute Gasteiger partial charge is 0.233 e. The van der Waals surface area contributed by atoms with E-state index in [1.54, 1.807) is 0 Å². The van der Waals surface area contributed by atoms with Crippen molar-refractivity contribution < 1.29 is 8.83 Å². The molecule has 0 aromatic carbocycles. The highest BCUT2D eigenvalue weighted by Crippen LogP contribution is 2.38. The first-order valence-corrected chi connectivity index (χ1v) is 8.71. The van der Waals surface area contributed by atoms with Crippen molar-refractivity contribution in [3.8, 4) is 0 Å². The van der Waals surface area contributed by atoms with Gasteiger partial charge in [-0.25, -0.2) is 4.98 Å². The van der Waals surface area contributed by atoms with E-state index in [1.807, 2.05) is 13.8 Å². The molecule has 0 bridgehead atoms. The lowest BCUT2D eigenvalue weighted by molar-refractivity contribution is 0.104. The van der Waals surface area contributed by atoms with Crippen molar-refractivity contribution in [2.75, 3.05) is 6.54 Å². The molecule has 0 amide bonds. The average molecular weight is 316 g/mol. The lowest BCUT2D eigenvalue weighted by Crippen LogP contribution is -2.33. The van der Waals surface area contributed by atoms with Crippen LogP contribution < -0.4 is 0 Å². The molecule has 1 aliphatic carbocycles. The van der Waals surface area contributed by atoms with E-state index < -0.39 is 0 Å². The van der Waals surface area contributed by atoms with Crippen LogP contribution in [0.3, 0.4) is 0 Å². The molecule has 6 nitrogen and oxygen atoms in total. The topological polar surface area (TPSA) is 68.2 Å². The number of hydrogen-bond acceptors (Lipinski definition) is 6. The van der Waals surface area contributed by atoms with Crippen LogP contribution in [0.4, 0.5) is 0 Å². The molecule has 0 radical (unpaired) electrons. The quantitative estimate of drug-likeness (QED) is 0.857. The second-order valence-electron chi connectivity index (χ2n) is 6.84. The Kier molecular flexibility index (Phi) is 3.93. The van der Waals surface area contributed by atoms with E-state index in [-0.39, 0.29) is 6.04 Å². The SMILES string of the molecule is Cc1nc(CN2CCCC[C@@H]2c2nnc(C3CCC3)o2)oc1C. The molecule has 2 fully saturated rings. The first-order valence-electron chi connectivity index (χ1n) is 8.71. The first-order chi connectivity index (χ1) is 11.2.